The summed E-state index contributed by atoms with van der Waals surface area (Å²) in [5, 5.41) is 0. The van der Waals surface area contributed by atoms with Crippen molar-refractivity contribution in [2.75, 3.05) is 27.3 Å². The molecule has 9 heavy (non-hydrogen) atoms. The molecule has 53 valence electrons. The lowest BCUT2D eigenvalue weighted by molar-refractivity contribution is -0.125. The van der Waals surface area contributed by atoms with E-state index in [-0.39, 0.29) is 5.91 Å². The summed E-state index contributed by atoms with van der Waals surface area (Å²) < 4.78 is 4.74. The van der Waals surface area contributed by atoms with E-state index < -0.39 is 0 Å². The summed E-state index contributed by atoms with van der Waals surface area (Å²) in [6, 6.07) is 0. The molecular formula is C6H12NO2. The van der Waals surface area contributed by atoms with E-state index in [0.717, 1.165) is 0 Å². The molecule has 3 nitrogen and oxygen atoms in total. The Morgan fingerprint density at radius 2 is 2.33 bits per heavy atom. The van der Waals surface area contributed by atoms with Crippen molar-refractivity contribution in [2.45, 2.75) is 0 Å². The Kier molecular flexibility index (Phi) is 4.05. The maximum absolute atomic E-state index is 10.4. The average molecular weight is 130 g/mol. The van der Waals surface area contributed by atoms with Crippen LogP contribution in [-0.2, 0) is 9.53 Å². The van der Waals surface area contributed by atoms with E-state index in [2.05, 4.69) is 6.92 Å². The normalized spacial score (nSPS) is 9.22. The molecule has 0 aliphatic heterocycles. The number of rotatable bonds is 3. The van der Waals surface area contributed by atoms with E-state index in [0.29, 0.717) is 13.2 Å². The van der Waals surface area contributed by atoms with Gasteiger partial charge in [-0.1, -0.05) is 0 Å². The third-order valence-corrected chi connectivity index (χ3v) is 1.06. The lowest BCUT2D eigenvalue weighted by Gasteiger charge is -2.12. The summed E-state index contributed by atoms with van der Waals surface area (Å²) in [6.45, 7) is 4.40. The van der Waals surface area contributed by atoms with Crippen LogP contribution in [-0.4, -0.2) is 38.1 Å². The van der Waals surface area contributed by atoms with Gasteiger partial charge in [-0.3, -0.25) is 4.79 Å². The minimum Gasteiger partial charge on any atom is -0.383 e. The first-order chi connectivity index (χ1) is 4.18. The lowest BCUT2D eigenvalue weighted by atomic mass is 10.5. The minimum atomic E-state index is -0.174. The highest BCUT2D eigenvalue weighted by atomic mass is 16.5. The second-order valence-corrected chi connectivity index (χ2v) is 1.81. The molecule has 0 bridgehead atoms. The smallest absolute Gasteiger partial charge is 0.222 e. The van der Waals surface area contributed by atoms with Gasteiger partial charge >= 0.3 is 0 Å². The van der Waals surface area contributed by atoms with Gasteiger partial charge in [0.15, 0.2) is 0 Å². The fourth-order valence-corrected chi connectivity index (χ4v) is 0.353. The second-order valence-electron chi connectivity index (χ2n) is 1.81. The van der Waals surface area contributed by atoms with Crippen molar-refractivity contribution in [3.63, 3.8) is 0 Å². The average Bonchev–Trinajstić information content (AvgIpc) is 1.82. The molecule has 0 unspecified atom stereocenters. The zero-order valence-corrected chi connectivity index (χ0v) is 5.89. The standard InChI is InChI=1S/C6H12NO2/c1-6(8)7(2)4-5-9-3/h1,4-5H2,2-3H3. The summed E-state index contributed by atoms with van der Waals surface area (Å²) in [6.07, 6.45) is 0. The Morgan fingerprint density at radius 1 is 1.78 bits per heavy atom. The largest absolute Gasteiger partial charge is 0.383 e. The van der Waals surface area contributed by atoms with Gasteiger partial charge in [-0.05, 0) is 0 Å². The van der Waals surface area contributed by atoms with Crippen LogP contribution in [0.5, 0.6) is 0 Å². The van der Waals surface area contributed by atoms with Crippen LogP contribution in [0.4, 0.5) is 0 Å². The Balaban J connectivity index is 3.27. The number of amides is 1. The van der Waals surface area contributed by atoms with Crippen molar-refractivity contribution in [3.8, 4) is 0 Å². The predicted molar refractivity (Wildman–Crippen MR) is 34.9 cm³/mol. The van der Waals surface area contributed by atoms with Gasteiger partial charge in [-0.15, -0.1) is 0 Å². The highest BCUT2D eigenvalue weighted by molar-refractivity contribution is 5.79. The summed E-state index contributed by atoms with van der Waals surface area (Å²) in [5.74, 6) is -0.174. The number of likely N-dealkylation sites (N-methyl/N-ethyl adjacent to an activating group) is 1. The molecule has 0 aromatic heterocycles. The molecule has 0 fully saturated rings. The SMILES string of the molecule is [CH2]C(=O)N(C)CCOC. The predicted octanol–water partition coefficient (Wildman–Crippen LogP) is -0.0747. The lowest BCUT2D eigenvalue weighted by Crippen LogP contribution is -2.27. The maximum Gasteiger partial charge on any atom is 0.222 e. The van der Waals surface area contributed by atoms with Crippen LogP contribution in [0.2, 0.25) is 0 Å². The number of ether oxygens (including phenoxy) is 1. The Bertz CT molecular complexity index is 93.1. The van der Waals surface area contributed by atoms with Crippen molar-refractivity contribution in [2.24, 2.45) is 0 Å². The van der Waals surface area contributed by atoms with Gasteiger partial charge < -0.3 is 9.64 Å². The van der Waals surface area contributed by atoms with Crippen molar-refractivity contribution >= 4 is 5.91 Å². The van der Waals surface area contributed by atoms with Crippen LogP contribution < -0.4 is 0 Å². The molecule has 0 rings (SSSR count). The Hall–Kier alpha value is -0.570. The molecule has 0 saturated heterocycles. The first-order valence-corrected chi connectivity index (χ1v) is 2.74. The monoisotopic (exact) mass is 130 g/mol. The molecule has 0 atom stereocenters. The van der Waals surface area contributed by atoms with Gasteiger partial charge in [-0.2, -0.15) is 0 Å². The number of hydrogen-bond acceptors (Lipinski definition) is 2. The number of carbonyl (C=O) groups is 1. The topological polar surface area (TPSA) is 29.5 Å². The van der Waals surface area contributed by atoms with E-state index in [4.69, 9.17) is 4.74 Å². The third-order valence-electron chi connectivity index (χ3n) is 1.06. The van der Waals surface area contributed by atoms with Crippen LogP contribution in [0.25, 0.3) is 0 Å². The highest BCUT2D eigenvalue weighted by Crippen LogP contribution is 1.81. The molecule has 0 saturated carbocycles. The van der Waals surface area contributed by atoms with Gasteiger partial charge in [0.2, 0.25) is 5.91 Å². The van der Waals surface area contributed by atoms with E-state index in [1.165, 1.54) is 4.90 Å². The van der Waals surface area contributed by atoms with E-state index in [1.807, 2.05) is 0 Å². The van der Waals surface area contributed by atoms with Gasteiger partial charge in [0.1, 0.15) is 0 Å². The summed E-state index contributed by atoms with van der Waals surface area (Å²) >= 11 is 0. The van der Waals surface area contributed by atoms with Gasteiger partial charge in [-0.25, -0.2) is 0 Å². The van der Waals surface area contributed by atoms with Gasteiger partial charge in [0.05, 0.1) is 6.61 Å². The van der Waals surface area contributed by atoms with Crippen molar-refractivity contribution in [1.29, 1.82) is 0 Å². The maximum atomic E-state index is 10.4. The fourth-order valence-electron chi connectivity index (χ4n) is 0.353. The molecule has 1 amide bonds. The molecule has 0 heterocycles. The number of hydrogen-bond donors (Lipinski definition) is 0. The summed E-state index contributed by atoms with van der Waals surface area (Å²) in [4.78, 5) is 11.9. The molecule has 0 N–H and O–H groups in total. The van der Waals surface area contributed by atoms with Crippen LogP contribution >= 0.6 is 0 Å². The second kappa shape index (κ2) is 4.32. The van der Waals surface area contributed by atoms with Crippen LogP contribution in [0.3, 0.4) is 0 Å². The molecule has 0 aromatic carbocycles. The number of carbonyl (C=O) groups excluding carboxylic acids is 1. The van der Waals surface area contributed by atoms with E-state index >= 15 is 0 Å². The van der Waals surface area contributed by atoms with Gasteiger partial charge in [0.25, 0.3) is 0 Å². The molecule has 0 spiro atoms. The summed E-state index contributed by atoms with van der Waals surface area (Å²) in [5.41, 5.74) is 0. The molecule has 0 aliphatic carbocycles. The minimum absolute atomic E-state index is 0.174. The molecular weight excluding hydrogens is 118 g/mol. The molecule has 0 aromatic rings. The van der Waals surface area contributed by atoms with Crippen molar-refractivity contribution < 1.29 is 9.53 Å². The third kappa shape index (κ3) is 3.97. The number of methoxy groups -OCH3 is 1. The zero-order chi connectivity index (χ0) is 7.28. The van der Waals surface area contributed by atoms with Crippen molar-refractivity contribution in [1.82, 2.24) is 4.90 Å². The molecule has 3 heteroatoms. The van der Waals surface area contributed by atoms with E-state index in [9.17, 15) is 4.79 Å². The van der Waals surface area contributed by atoms with Gasteiger partial charge in [0, 0.05) is 27.6 Å². The highest BCUT2D eigenvalue weighted by Gasteiger charge is 1.98. The zero-order valence-electron chi connectivity index (χ0n) is 5.89. The Labute approximate surface area is 55.6 Å². The van der Waals surface area contributed by atoms with Crippen LogP contribution in [0.15, 0.2) is 0 Å². The quantitative estimate of drug-likeness (QED) is 0.535. The molecule has 1 radical (unpaired) electrons. The van der Waals surface area contributed by atoms with Crippen LogP contribution in [0, 0.1) is 6.92 Å². The first kappa shape index (κ1) is 8.43. The first-order valence-electron chi connectivity index (χ1n) is 2.74. The summed E-state index contributed by atoms with van der Waals surface area (Å²) in [7, 11) is 3.29. The van der Waals surface area contributed by atoms with E-state index in [1.54, 1.807) is 14.2 Å². The molecule has 0 aliphatic rings. The number of nitrogens with zero attached hydrogens (tertiary/aromatic N) is 1. The fraction of sp³-hybridized carbons (Fsp3) is 0.667. The van der Waals surface area contributed by atoms with Crippen LogP contribution in [0.1, 0.15) is 0 Å². The Morgan fingerprint density at radius 3 is 2.67 bits per heavy atom. The van der Waals surface area contributed by atoms with Crippen molar-refractivity contribution in [3.05, 3.63) is 6.92 Å².